The van der Waals surface area contributed by atoms with Crippen molar-refractivity contribution >= 4 is 28.8 Å². The van der Waals surface area contributed by atoms with E-state index >= 15 is 0 Å². The van der Waals surface area contributed by atoms with Crippen LogP contribution in [0.2, 0.25) is 0 Å². The van der Waals surface area contributed by atoms with Crippen molar-refractivity contribution in [2.24, 2.45) is 29.1 Å². The first-order valence-corrected chi connectivity index (χ1v) is 23.6. The molecule has 0 N–H and O–H groups in total. The fraction of sp³-hybridized carbons (Fsp3) is 0.464. The van der Waals surface area contributed by atoms with E-state index in [1.807, 2.05) is 0 Å². The van der Waals surface area contributed by atoms with E-state index in [-0.39, 0.29) is 27.1 Å². The third-order valence-electron chi connectivity index (χ3n) is 18.1. The Morgan fingerprint density at radius 2 is 1.12 bits per heavy atom. The van der Waals surface area contributed by atoms with Gasteiger partial charge in [-0.25, -0.2) is 0 Å². The molecule has 1 nitrogen and oxygen atoms in total. The van der Waals surface area contributed by atoms with E-state index in [4.69, 9.17) is 0 Å². The molecule has 58 heavy (non-hydrogen) atoms. The van der Waals surface area contributed by atoms with Gasteiger partial charge >= 0.3 is 0 Å². The first-order valence-electron chi connectivity index (χ1n) is 22.8. The predicted octanol–water partition coefficient (Wildman–Crippen LogP) is 15.3. The molecular formula is C56H61NS. The van der Waals surface area contributed by atoms with Crippen molar-refractivity contribution in [1.82, 2.24) is 0 Å². The molecular weight excluding hydrogens is 719 g/mol. The van der Waals surface area contributed by atoms with Gasteiger partial charge in [0.1, 0.15) is 0 Å². The van der Waals surface area contributed by atoms with E-state index in [9.17, 15) is 0 Å². The van der Waals surface area contributed by atoms with Crippen LogP contribution in [-0.4, -0.2) is 0 Å². The summed E-state index contributed by atoms with van der Waals surface area (Å²) in [7, 11) is 0. The van der Waals surface area contributed by atoms with Gasteiger partial charge < -0.3 is 4.90 Å². The molecule has 1 aliphatic heterocycles. The van der Waals surface area contributed by atoms with Crippen molar-refractivity contribution in [3.05, 3.63) is 137 Å². The lowest BCUT2D eigenvalue weighted by Gasteiger charge is -2.78. The quantitative estimate of drug-likeness (QED) is 0.179. The largest absolute Gasteiger partial charge is 0.309 e. The Morgan fingerprint density at radius 3 is 1.74 bits per heavy atom. The van der Waals surface area contributed by atoms with Crippen LogP contribution in [-0.2, 0) is 27.1 Å². The molecule has 4 fully saturated rings. The van der Waals surface area contributed by atoms with E-state index in [1.165, 1.54) is 112 Å². The Hall–Kier alpha value is -3.75. The van der Waals surface area contributed by atoms with Gasteiger partial charge in [-0.1, -0.05) is 134 Å². The summed E-state index contributed by atoms with van der Waals surface area (Å²) in [5.74, 6) is 3.32. The lowest BCUT2D eigenvalue weighted by atomic mass is 9.26. The average Bonchev–Trinajstić information content (AvgIpc) is 3.74. The van der Waals surface area contributed by atoms with E-state index < -0.39 is 0 Å². The van der Waals surface area contributed by atoms with Gasteiger partial charge in [0.15, 0.2) is 0 Å². The van der Waals surface area contributed by atoms with E-state index in [0.717, 1.165) is 23.7 Å². The zero-order valence-electron chi connectivity index (χ0n) is 36.1. The highest BCUT2D eigenvalue weighted by atomic mass is 32.2. The molecule has 296 valence electrons. The highest BCUT2D eigenvalue weighted by molar-refractivity contribution is 7.99. The molecule has 0 radical (unpaired) electrons. The fourth-order valence-electron chi connectivity index (χ4n) is 15.1. The Morgan fingerprint density at radius 1 is 0.534 bits per heavy atom. The van der Waals surface area contributed by atoms with Crippen molar-refractivity contribution < 1.29 is 0 Å². The predicted molar refractivity (Wildman–Crippen MR) is 243 cm³/mol. The molecule has 4 saturated carbocycles. The standard InChI is InChI=1S/C56H61NS/c1-51(2)24-26-53(5,6)43-31-37(20-22-40(43)51)57(38-21-23-41-44(32-38)54(7,8)27-25-52(41,3)4)45-18-13-17-42-50(45)58-46-19-12-16-39(35-14-10-9-11-15-35)49(46)56(42)47-29-34-28-36-30-48(56)55(36,47)33-34/h9-23,31-32,34,36,47-48H,24-30,33H2,1-8H3. The average molecular weight is 780 g/mol. The van der Waals surface area contributed by atoms with Gasteiger partial charge in [0.2, 0.25) is 0 Å². The van der Waals surface area contributed by atoms with Crippen LogP contribution < -0.4 is 4.90 Å². The first kappa shape index (κ1) is 36.1. The fourth-order valence-corrected chi connectivity index (χ4v) is 16.4. The molecule has 0 amide bonds. The lowest BCUT2D eigenvalue weighted by molar-refractivity contribution is -0.234. The molecule has 2 bridgehead atoms. The molecule has 5 aromatic rings. The Balaban J connectivity index is 1.12. The first-order chi connectivity index (χ1) is 27.7. The van der Waals surface area contributed by atoms with Crippen molar-refractivity contribution in [3.63, 3.8) is 0 Å². The van der Waals surface area contributed by atoms with Crippen molar-refractivity contribution in [3.8, 4) is 11.1 Å². The number of hydrogen-bond acceptors (Lipinski definition) is 2. The third kappa shape index (κ3) is 4.47. The summed E-state index contributed by atoms with van der Waals surface area (Å²) in [6, 6.07) is 41.4. The summed E-state index contributed by atoms with van der Waals surface area (Å²) in [4.78, 5) is 5.69. The summed E-state index contributed by atoms with van der Waals surface area (Å²) in [6.45, 7) is 19.8. The van der Waals surface area contributed by atoms with Gasteiger partial charge in [0.25, 0.3) is 0 Å². The molecule has 6 unspecified atom stereocenters. The Labute approximate surface area is 352 Å². The SMILES string of the molecule is CC1(C)CCC(C)(C)c2cc(N(c3ccc4c(c3)C(C)(C)CCC4(C)C)c3cccc4c3Sc3cccc(-c5ccccc5)c3C43C4CC5CC6CC3C64C5)ccc21. The Kier molecular flexibility index (Phi) is 7.19. The topological polar surface area (TPSA) is 3.24 Å². The highest BCUT2D eigenvalue weighted by Gasteiger charge is 2.84. The van der Waals surface area contributed by atoms with Crippen LogP contribution in [0.1, 0.15) is 140 Å². The molecule has 0 saturated heterocycles. The normalized spacial score (nSPS) is 31.5. The molecule has 6 aliphatic carbocycles. The number of benzene rings is 5. The van der Waals surface area contributed by atoms with Crippen molar-refractivity contribution in [2.45, 2.75) is 144 Å². The lowest BCUT2D eigenvalue weighted by Crippen LogP contribution is -2.74. The van der Waals surface area contributed by atoms with E-state index in [0.29, 0.717) is 5.41 Å². The maximum absolute atomic E-state index is 2.71. The van der Waals surface area contributed by atoms with Crippen molar-refractivity contribution in [2.75, 3.05) is 4.90 Å². The molecule has 2 heteroatoms. The van der Waals surface area contributed by atoms with Crippen molar-refractivity contribution in [1.29, 1.82) is 0 Å². The zero-order valence-corrected chi connectivity index (χ0v) is 37.0. The van der Waals surface area contributed by atoms with Gasteiger partial charge in [0, 0.05) is 26.6 Å². The molecule has 1 heterocycles. The molecule has 6 atom stereocenters. The van der Waals surface area contributed by atoms with Crippen LogP contribution in [0.15, 0.2) is 113 Å². The number of fused-ring (bicyclic) bond motifs is 9. The second-order valence-electron chi connectivity index (χ2n) is 22.7. The minimum Gasteiger partial charge on any atom is -0.309 e. The molecule has 2 spiro atoms. The Bertz CT molecular complexity index is 2480. The molecule has 7 aliphatic rings. The van der Waals surface area contributed by atoms with Crippen LogP contribution in [0.5, 0.6) is 0 Å². The number of rotatable bonds is 4. The van der Waals surface area contributed by atoms with Gasteiger partial charge in [-0.05, 0) is 183 Å². The number of hydrogen-bond donors (Lipinski definition) is 0. The number of anilines is 3. The van der Waals surface area contributed by atoms with Crippen LogP contribution in [0, 0.1) is 29.1 Å². The monoisotopic (exact) mass is 779 g/mol. The van der Waals surface area contributed by atoms with Crippen LogP contribution in [0.4, 0.5) is 17.1 Å². The molecule has 12 rings (SSSR count). The zero-order chi connectivity index (χ0) is 39.8. The summed E-state index contributed by atoms with van der Waals surface area (Å²) >= 11 is 2.07. The van der Waals surface area contributed by atoms with Gasteiger partial charge in [-0.3, -0.25) is 0 Å². The maximum Gasteiger partial charge on any atom is 0.0604 e. The number of nitrogens with zero attached hydrogens (tertiary/aromatic N) is 1. The third-order valence-corrected chi connectivity index (χ3v) is 19.3. The highest BCUT2D eigenvalue weighted by Crippen LogP contribution is 2.89. The summed E-state index contributed by atoms with van der Waals surface area (Å²) in [5.41, 5.74) is 17.4. The van der Waals surface area contributed by atoms with Gasteiger partial charge in [-0.2, -0.15) is 0 Å². The smallest absolute Gasteiger partial charge is 0.0604 e. The molecule has 0 aromatic heterocycles. The van der Waals surface area contributed by atoms with Gasteiger partial charge in [-0.15, -0.1) is 0 Å². The summed E-state index contributed by atoms with van der Waals surface area (Å²) < 4.78 is 0. The second-order valence-corrected chi connectivity index (χ2v) is 23.7. The summed E-state index contributed by atoms with van der Waals surface area (Å²) in [5, 5.41) is 0. The van der Waals surface area contributed by atoms with E-state index in [1.54, 1.807) is 11.1 Å². The molecule has 5 aromatic carbocycles. The summed E-state index contributed by atoms with van der Waals surface area (Å²) in [6.07, 6.45) is 10.7. The minimum absolute atomic E-state index is 0.0550. The minimum atomic E-state index is 0.0550. The van der Waals surface area contributed by atoms with Gasteiger partial charge in [0.05, 0.1) is 5.69 Å². The van der Waals surface area contributed by atoms with Crippen LogP contribution >= 0.6 is 11.8 Å². The van der Waals surface area contributed by atoms with Crippen LogP contribution in [0.25, 0.3) is 11.1 Å². The second kappa shape index (κ2) is 11.5. The van der Waals surface area contributed by atoms with E-state index in [2.05, 4.69) is 175 Å². The van der Waals surface area contributed by atoms with Crippen LogP contribution in [0.3, 0.4) is 0 Å². The maximum atomic E-state index is 2.71.